The molecule has 0 atom stereocenters. The number of unbranched alkanes of at least 4 members (excludes halogenated alkanes) is 1. The number of benzene rings is 1. The van der Waals surface area contributed by atoms with Crippen molar-refractivity contribution in [3.05, 3.63) is 35.7 Å². The second-order valence-corrected chi connectivity index (χ2v) is 5.05. The van der Waals surface area contributed by atoms with Crippen LogP contribution in [0.2, 0.25) is 0 Å². The van der Waals surface area contributed by atoms with Crippen LogP contribution in [-0.4, -0.2) is 9.55 Å². The molecule has 2 aromatic rings. The van der Waals surface area contributed by atoms with E-state index in [0.29, 0.717) is 17.1 Å². The molecule has 0 aliphatic rings. The van der Waals surface area contributed by atoms with Gasteiger partial charge in [-0.2, -0.15) is 0 Å². The number of nitrogens with zero attached hydrogens (tertiary/aromatic N) is 2. The summed E-state index contributed by atoms with van der Waals surface area (Å²) in [5.74, 6) is 1.46. The van der Waals surface area contributed by atoms with E-state index in [-0.39, 0.29) is 5.56 Å². The molecular weight excluding hydrogens is 272 g/mol. The minimum Gasteiger partial charge on any atom is -0.383 e. The first-order valence-corrected chi connectivity index (χ1v) is 7.31. The lowest BCUT2D eigenvalue weighted by molar-refractivity contribution is 0.151. The first kappa shape index (κ1) is 15.5. The van der Waals surface area contributed by atoms with E-state index in [1.54, 1.807) is 12.1 Å². The Kier molecular flexibility index (Phi) is 4.94. The number of anilines is 1. The van der Waals surface area contributed by atoms with E-state index in [9.17, 15) is 8.78 Å². The molecule has 21 heavy (non-hydrogen) atoms. The van der Waals surface area contributed by atoms with E-state index < -0.39 is 6.43 Å². The molecule has 0 aliphatic heterocycles. The van der Waals surface area contributed by atoms with Crippen molar-refractivity contribution in [3.8, 4) is 11.3 Å². The molecule has 0 radical (unpaired) electrons. The van der Waals surface area contributed by atoms with Crippen LogP contribution in [0.25, 0.3) is 11.3 Å². The molecule has 0 bridgehead atoms. The predicted octanol–water partition coefficient (Wildman–Crippen LogP) is 4.43. The van der Waals surface area contributed by atoms with Gasteiger partial charge < -0.3 is 10.3 Å². The zero-order valence-electron chi connectivity index (χ0n) is 12.4. The van der Waals surface area contributed by atoms with E-state index in [0.717, 1.165) is 31.6 Å². The lowest BCUT2D eigenvalue weighted by atomic mass is 10.1. The molecule has 0 unspecified atom stereocenters. The molecule has 0 aliphatic carbocycles. The molecule has 0 spiro atoms. The summed E-state index contributed by atoms with van der Waals surface area (Å²) in [6.07, 6.45) is 0.364. The SMILES string of the molecule is CCCCn1c(CC)nc(-c2cccc(C(F)F)c2)c1N. The summed E-state index contributed by atoms with van der Waals surface area (Å²) in [5, 5.41) is 0. The number of hydrogen-bond acceptors (Lipinski definition) is 2. The summed E-state index contributed by atoms with van der Waals surface area (Å²) < 4.78 is 27.6. The minimum atomic E-state index is -2.49. The average molecular weight is 293 g/mol. The van der Waals surface area contributed by atoms with Gasteiger partial charge in [0, 0.05) is 24.1 Å². The van der Waals surface area contributed by atoms with E-state index in [1.165, 1.54) is 12.1 Å². The molecule has 1 aromatic carbocycles. The summed E-state index contributed by atoms with van der Waals surface area (Å²) in [6.45, 7) is 4.95. The highest BCUT2D eigenvalue weighted by atomic mass is 19.3. The number of imidazole rings is 1. The maximum absolute atomic E-state index is 12.8. The number of alkyl halides is 2. The fraction of sp³-hybridized carbons (Fsp3) is 0.438. The molecule has 0 fully saturated rings. The summed E-state index contributed by atoms with van der Waals surface area (Å²) >= 11 is 0. The Morgan fingerprint density at radius 3 is 2.67 bits per heavy atom. The van der Waals surface area contributed by atoms with Crippen molar-refractivity contribution >= 4 is 5.82 Å². The van der Waals surface area contributed by atoms with Crippen molar-refractivity contribution in [3.63, 3.8) is 0 Å². The van der Waals surface area contributed by atoms with Crippen molar-refractivity contribution in [2.75, 3.05) is 5.73 Å². The van der Waals surface area contributed by atoms with Crippen LogP contribution in [0.1, 0.15) is 44.5 Å². The first-order chi connectivity index (χ1) is 10.1. The molecule has 5 heteroatoms. The summed E-state index contributed by atoms with van der Waals surface area (Å²) in [4.78, 5) is 4.54. The summed E-state index contributed by atoms with van der Waals surface area (Å²) in [5.41, 5.74) is 7.44. The Morgan fingerprint density at radius 2 is 2.05 bits per heavy atom. The third-order valence-electron chi connectivity index (χ3n) is 3.55. The quantitative estimate of drug-likeness (QED) is 0.856. The third kappa shape index (κ3) is 3.23. The third-order valence-corrected chi connectivity index (χ3v) is 3.55. The summed E-state index contributed by atoms with van der Waals surface area (Å²) in [7, 11) is 0. The standard InChI is InChI=1S/C16H21F2N3/c1-3-5-9-21-13(4-2)20-14(16(21)19)11-7-6-8-12(10-11)15(17)18/h6-8,10,15H,3-5,9,19H2,1-2H3. The van der Waals surface area contributed by atoms with Gasteiger partial charge in [0.15, 0.2) is 0 Å². The van der Waals surface area contributed by atoms with Crippen LogP contribution < -0.4 is 5.73 Å². The largest absolute Gasteiger partial charge is 0.383 e. The zero-order chi connectivity index (χ0) is 15.4. The minimum absolute atomic E-state index is 0.00643. The van der Waals surface area contributed by atoms with Gasteiger partial charge in [-0.25, -0.2) is 13.8 Å². The van der Waals surface area contributed by atoms with Crippen molar-refractivity contribution in [2.24, 2.45) is 0 Å². The molecule has 2 rings (SSSR count). The van der Waals surface area contributed by atoms with E-state index in [4.69, 9.17) is 5.73 Å². The highest BCUT2D eigenvalue weighted by molar-refractivity contribution is 5.71. The Bertz CT molecular complexity index is 606. The first-order valence-electron chi connectivity index (χ1n) is 7.31. The van der Waals surface area contributed by atoms with Gasteiger partial charge in [-0.3, -0.25) is 0 Å². The van der Waals surface area contributed by atoms with Gasteiger partial charge in [0.25, 0.3) is 6.43 Å². The van der Waals surface area contributed by atoms with Gasteiger partial charge in [0.05, 0.1) is 0 Å². The van der Waals surface area contributed by atoms with Crippen molar-refractivity contribution in [1.82, 2.24) is 9.55 Å². The lowest BCUT2D eigenvalue weighted by Gasteiger charge is -2.08. The highest BCUT2D eigenvalue weighted by Gasteiger charge is 2.16. The molecular formula is C16H21F2N3. The maximum Gasteiger partial charge on any atom is 0.263 e. The Labute approximate surface area is 123 Å². The van der Waals surface area contributed by atoms with Crippen LogP contribution in [0.4, 0.5) is 14.6 Å². The van der Waals surface area contributed by atoms with Gasteiger partial charge in [0.2, 0.25) is 0 Å². The highest BCUT2D eigenvalue weighted by Crippen LogP contribution is 2.30. The van der Waals surface area contributed by atoms with Gasteiger partial charge >= 0.3 is 0 Å². The number of hydrogen-bond donors (Lipinski definition) is 1. The van der Waals surface area contributed by atoms with Gasteiger partial charge in [-0.15, -0.1) is 0 Å². The molecule has 0 saturated heterocycles. The number of nitrogens with two attached hydrogens (primary N) is 1. The molecule has 1 heterocycles. The van der Waals surface area contributed by atoms with E-state index in [2.05, 4.69) is 11.9 Å². The molecule has 2 N–H and O–H groups in total. The molecule has 1 aromatic heterocycles. The van der Waals surface area contributed by atoms with Crippen molar-refractivity contribution in [1.29, 1.82) is 0 Å². The van der Waals surface area contributed by atoms with Crippen LogP contribution >= 0.6 is 0 Å². The molecule has 114 valence electrons. The van der Waals surface area contributed by atoms with Gasteiger partial charge in [0.1, 0.15) is 17.3 Å². The number of nitrogen functional groups attached to an aromatic ring is 1. The van der Waals surface area contributed by atoms with Crippen LogP contribution in [-0.2, 0) is 13.0 Å². The zero-order valence-corrected chi connectivity index (χ0v) is 12.4. The van der Waals surface area contributed by atoms with Crippen molar-refractivity contribution < 1.29 is 8.78 Å². The molecule has 3 nitrogen and oxygen atoms in total. The average Bonchev–Trinajstić information content (AvgIpc) is 2.81. The monoisotopic (exact) mass is 293 g/mol. The molecule has 0 saturated carbocycles. The number of halogens is 2. The smallest absolute Gasteiger partial charge is 0.263 e. The van der Waals surface area contributed by atoms with Gasteiger partial charge in [-0.1, -0.05) is 38.5 Å². The number of rotatable bonds is 6. The van der Waals surface area contributed by atoms with Crippen LogP contribution in [0, 0.1) is 0 Å². The Hall–Kier alpha value is -1.91. The van der Waals surface area contributed by atoms with Crippen LogP contribution in [0.15, 0.2) is 24.3 Å². The van der Waals surface area contributed by atoms with E-state index in [1.807, 2.05) is 11.5 Å². The second kappa shape index (κ2) is 6.70. The molecule has 0 amide bonds. The fourth-order valence-corrected chi connectivity index (χ4v) is 2.38. The Balaban J connectivity index is 2.44. The fourth-order valence-electron chi connectivity index (χ4n) is 2.38. The number of aromatic nitrogens is 2. The summed E-state index contributed by atoms with van der Waals surface area (Å²) in [6, 6.07) is 6.27. The van der Waals surface area contributed by atoms with Crippen LogP contribution in [0.3, 0.4) is 0 Å². The van der Waals surface area contributed by atoms with Gasteiger partial charge in [-0.05, 0) is 12.5 Å². The topological polar surface area (TPSA) is 43.8 Å². The predicted molar refractivity (Wildman–Crippen MR) is 81.3 cm³/mol. The van der Waals surface area contributed by atoms with Crippen LogP contribution in [0.5, 0.6) is 0 Å². The van der Waals surface area contributed by atoms with Crippen molar-refractivity contribution in [2.45, 2.75) is 46.1 Å². The number of aryl methyl sites for hydroxylation is 1. The van der Waals surface area contributed by atoms with E-state index >= 15 is 0 Å². The normalized spacial score (nSPS) is 11.3. The lowest BCUT2D eigenvalue weighted by Crippen LogP contribution is -2.06. The second-order valence-electron chi connectivity index (χ2n) is 5.05. The Morgan fingerprint density at radius 1 is 1.29 bits per heavy atom. The maximum atomic E-state index is 12.8.